The lowest BCUT2D eigenvalue weighted by atomic mass is 10.2. The lowest BCUT2D eigenvalue weighted by Crippen LogP contribution is -2.47. The zero-order valence-electron chi connectivity index (χ0n) is 17.9. The summed E-state index contributed by atoms with van der Waals surface area (Å²) in [6.07, 6.45) is 7.22. The van der Waals surface area contributed by atoms with E-state index in [4.69, 9.17) is 0 Å². The summed E-state index contributed by atoms with van der Waals surface area (Å²) in [5.41, 5.74) is 0. The zero-order chi connectivity index (χ0) is 22.9. The molecule has 2 aromatic rings. The number of sulfonamides is 2. The monoisotopic (exact) mass is 482 g/mol. The third-order valence-electron chi connectivity index (χ3n) is 5.24. The second-order valence-corrected chi connectivity index (χ2v) is 11.1. The Bertz CT molecular complexity index is 943. The molecule has 3 heterocycles. The molecule has 0 saturated carbocycles. The Morgan fingerprint density at radius 1 is 0.719 bits per heavy atom. The molecule has 2 aromatic heterocycles. The van der Waals surface area contributed by atoms with Gasteiger partial charge in [0.1, 0.15) is 9.79 Å². The van der Waals surface area contributed by atoms with Crippen molar-refractivity contribution in [3.8, 4) is 0 Å². The van der Waals surface area contributed by atoms with Gasteiger partial charge in [0, 0.05) is 64.1 Å². The van der Waals surface area contributed by atoms with Gasteiger partial charge in [0.05, 0.1) is 0 Å². The van der Waals surface area contributed by atoms with Crippen molar-refractivity contribution in [2.75, 3.05) is 52.4 Å². The molecule has 0 aliphatic carbocycles. The van der Waals surface area contributed by atoms with Crippen LogP contribution in [0.2, 0.25) is 0 Å². The fourth-order valence-electron chi connectivity index (χ4n) is 3.43. The quantitative estimate of drug-likeness (QED) is 0.409. The normalized spacial score (nSPS) is 16.2. The zero-order valence-corrected chi connectivity index (χ0v) is 19.6. The maximum absolute atomic E-state index is 12.2. The van der Waals surface area contributed by atoms with Crippen LogP contribution in [0.3, 0.4) is 0 Å². The first-order valence-electron chi connectivity index (χ1n) is 10.6. The molecule has 0 unspecified atom stereocenters. The van der Waals surface area contributed by atoms with Gasteiger partial charge >= 0.3 is 0 Å². The Kier molecular flexibility index (Phi) is 9.08. The predicted octanol–water partition coefficient (Wildman–Crippen LogP) is 0.131. The molecule has 12 heteroatoms. The molecule has 10 nitrogen and oxygen atoms in total. The van der Waals surface area contributed by atoms with Crippen LogP contribution in [0.4, 0.5) is 0 Å². The number of hydrogen-bond donors (Lipinski definition) is 2. The molecule has 0 spiro atoms. The first kappa shape index (κ1) is 24.7. The van der Waals surface area contributed by atoms with Crippen LogP contribution in [0.5, 0.6) is 0 Å². The maximum atomic E-state index is 12.2. The summed E-state index contributed by atoms with van der Waals surface area (Å²) >= 11 is 0. The predicted molar refractivity (Wildman–Crippen MR) is 121 cm³/mol. The first-order chi connectivity index (χ1) is 15.4. The number of pyridine rings is 2. The molecule has 2 N–H and O–H groups in total. The van der Waals surface area contributed by atoms with Crippen LogP contribution in [-0.2, 0) is 20.0 Å². The van der Waals surface area contributed by atoms with Crippen LogP contribution in [0, 0.1) is 0 Å². The highest BCUT2D eigenvalue weighted by Gasteiger charge is 2.18. The molecule has 3 rings (SSSR count). The molecule has 0 radical (unpaired) electrons. The van der Waals surface area contributed by atoms with E-state index < -0.39 is 20.0 Å². The van der Waals surface area contributed by atoms with Gasteiger partial charge in [0.15, 0.2) is 0 Å². The molecule has 0 atom stereocenters. The van der Waals surface area contributed by atoms with E-state index in [1.807, 2.05) is 0 Å². The van der Waals surface area contributed by atoms with Crippen molar-refractivity contribution in [2.45, 2.75) is 22.6 Å². The van der Waals surface area contributed by atoms with Crippen molar-refractivity contribution < 1.29 is 16.8 Å². The molecule has 0 amide bonds. The van der Waals surface area contributed by atoms with Gasteiger partial charge in [-0.2, -0.15) is 0 Å². The van der Waals surface area contributed by atoms with Crippen molar-refractivity contribution in [1.82, 2.24) is 29.2 Å². The van der Waals surface area contributed by atoms with E-state index in [2.05, 4.69) is 29.2 Å². The minimum absolute atomic E-state index is 0.177. The number of rotatable bonds is 12. The van der Waals surface area contributed by atoms with E-state index in [-0.39, 0.29) is 9.79 Å². The molecule has 0 aromatic carbocycles. The number of nitrogens with zero attached hydrogens (tertiary/aromatic N) is 4. The Morgan fingerprint density at radius 2 is 1.12 bits per heavy atom. The lowest BCUT2D eigenvalue weighted by Gasteiger charge is -2.34. The fourth-order valence-corrected chi connectivity index (χ4v) is 5.51. The van der Waals surface area contributed by atoms with Crippen LogP contribution in [0.15, 0.2) is 58.8 Å². The molecular weight excluding hydrogens is 452 g/mol. The summed E-state index contributed by atoms with van der Waals surface area (Å²) in [5.74, 6) is 0. The number of nitrogens with one attached hydrogen (secondary N) is 2. The smallest absolute Gasteiger partial charge is 0.242 e. The molecule has 176 valence electrons. The Hall–Kier alpha value is -1.96. The average Bonchev–Trinajstić information content (AvgIpc) is 2.82. The second kappa shape index (κ2) is 11.8. The highest BCUT2D eigenvalue weighted by Crippen LogP contribution is 2.07. The van der Waals surface area contributed by atoms with Crippen LogP contribution < -0.4 is 9.44 Å². The van der Waals surface area contributed by atoms with E-state index in [1.54, 1.807) is 24.5 Å². The van der Waals surface area contributed by atoms with Crippen molar-refractivity contribution in [3.05, 3.63) is 49.1 Å². The Morgan fingerprint density at radius 3 is 1.47 bits per heavy atom. The van der Waals surface area contributed by atoms with Gasteiger partial charge in [-0.3, -0.25) is 9.97 Å². The number of hydrogen-bond acceptors (Lipinski definition) is 8. The van der Waals surface area contributed by atoms with E-state index >= 15 is 0 Å². The standard InChI is InChI=1S/C20H30N6O4S2/c27-31(28,19-5-1-7-21-17-19)23-9-3-11-25-13-15-26(16-14-25)12-4-10-24-32(29,30)20-6-2-8-22-18-20/h1-2,5-8,17-18,23-24H,3-4,9-16H2. The van der Waals surface area contributed by atoms with Gasteiger partial charge < -0.3 is 9.80 Å². The van der Waals surface area contributed by atoms with Gasteiger partial charge in [-0.1, -0.05) is 0 Å². The molecule has 1 aliphatic rings. The molecular formula is C20H30N6O4S2. The van der Waals surface area contributed by atoms with Gasteiger partial charge in [0.2, 0.25) is 20.0 Å². The molecule has 0 bridgehead atoms. The summed E-state index contributed by atoms with van der Waals surface area (Å²) in [7, 11) is -7.01. The molecule has 1 aliphatic heterocycles. The fraction of sp³-hybridized carbons (Fsp3) is 0.500. The van der Waals surface area contributed by atoms with Crippen molar-refractivity contribution >= 4 is 20.0 Å². The van der Waals surface area contributed by atoms with Crippen LogP contribution in [0.25, 0.3) is 0 Å². The van der Waals surface area contributed by atoms with Crippen LogP contribution in [0.1, 0.15) is 12.8 Å². The maximum Gasteiger partial charge on any atom is 0.242 e. The van der Waals surface area contributed by atoms with Crippen molar-refractivity contribution in [3.63, 3.8) is 0 Å². The highest BCUT2D eigenvalue weighted by atomic mass is 32.2. The van der Waals surface area contributed by atoms with E-state index in [9.17, 15) is 16.8 Å². The average molecular weight is 483 g/mol. The molecule has 1 fully saturated rings. The van der Waals surface area contributed by atoms with E-state index in [1.165, 1.54) is 24.5 Å². The summed E-state index contributed by atoms with van der Waals surface area (Å²) in [4.78, 5) is 12.7. The second-order valence-electron chi connectivity index (χ2n) is 7.56. The first-order valence-corrected chi connectivity index (χ1v) is 13.6. The SMILES string of the molecule is O=S(=O)(NCCCN1CCN(CCCNS(=O)(=O)c2cccnc2)CC1)c1cccnc1. The van der Waals surface area contributed by atoms with Crippen molar-refractivity contribution in [1.29, 1.82) is 0 Å². The third-order valence-corrected chi connectivity index (χ3v) is 8.13. The summed E-state index contributed by atoms with van der Waals surface area (Å²) in [6, 6.07) is 6.25. The number of piperazine rings is 1. The summed E-state index contributed by atoms with van der Waals surface area (Å²) in [6.45, 7) is 6.08. The van der Waals surface area contributed by atoms with Crippen LogP contribution in [-0.4, -0.2) is 89.0 Å². The van der Waals surface area contributed by atoms with Gasteiger partial charge in [-0.15, -0.1) is 0 Å². The molecule has 1 saturated heterocycles. The minimum Gasteiger partial charge on any atom is -0.301 e. The Labute approximate surface area is 190 Å². The third kappa shape index (κ3) is 7.57. The Balaban J connectivity index is 1.27. The number of aromatic nitrogens is 2. The lowest BCUT2D eigenvalue weighted by molar-refractivity contribution is 0.131. The van der Waals surface area contributed by atoms with Gasteiger partial charge in [-0.05, 0) is 50.2 Å². The summed E-state index contributed by atoms with van der Waals surface area (Å²) < 4.78 is 53.9. The minimum atomic E-state index is -3.50. The van der Waals surface area contributed by atoms with Crippen LogP contribution >= 0.6 is 0 Å². The molecule has 32 heavy (non-hydrogen) atoms. The highest BCUT2D eigenvalue weighted by molar-refractivity contribution is 7.89. The van der Waals surface area contributed by atoms with Gasteiger partial charge in [-0.25, -0.2) is 26.3 Å². The van der Waals surface area contributed by atoms with Gasteiger partial charge in [0.25, 0.3) is 0 Å². The van der Waals surface area contributed by atoms with Crippen molar-refractivity contribution in [2.24, 2.45) is 0 Å². The largest absolute Gasteiger partial charge is 0.301 e. The summed E-state index contributed by atoms with van der Waals surface area (Å²) in [5, 5.41) is 0. The topological polar surface area (TPSA) is 125 Å². The van der Waals surface area contributed by atoms with E-state index in [0.717, 1.165) is 52.1 Å². The van der Waals surface area contributed by atoms with E-state index in [0.29, 0.717) is 13.1 Å².